The molecule has 7 heteroatoms. The number of imidazole rings is 1. The standard InChI is InChI=1S/C22H29N5O2.C2H6/c1-16-19(17-5-6-18(24-15-17)7-8-22(2,3)28-4)27-10-9-23-20(21(27)25-16)26-11-13-29-14-12-26;1-2/h5-6,9-10,15H,7-8,11-14H2,1-4H3;1-2H3. The van der Waals surface area contributed by atoms with Crippen molar-refractivity contribution in [2.45, 2.75) is 53.1 Å². The number of rotatable bonds is 6. The van der Waals surface area contributed by atoms with E-state index >= 15 is 0 Å². The van der Waals surface area contributed by atoms with Gasteiger partial charge in [-0.2, -0.15) is 0 Å². The van der Waals surface area contributed by atoms with Crippen molar-refractivity contribution in [3.8, 4) is 11.3 Å². The van der Waals surface area contributed by atoms with Gasteiger partial charge in [0.15, 0.2) is 11.5 Å². The van der Waals surface area contributed by atoms with E-state index in [-0.39, 0.29) is 5.60 Å². The Kier molecular flexibility index (Phi) is 7.62. The molecule has 0 atom stereocenters. The second kappa shape index (κ2) is 10.2. The zero-order valence-corrected chi connectivity index (χ0v) is 19.7. The van der Waals surface area contributed by atoms with Crippen LogP contribution in [0.15, 0.2) is 30.7 Å². The minimum absolute atomic E-state index is 0.137. The molecular weight excluding hydrogens is 390 g/mol. The van der Waals surface area contributed by atoms with Gasteiger partial charge in [-0.15, -0.1) is 0 Å². The molecule has 0 N–H and O–H groups in total. The number of pyridine rings is 1. The number of ether oxygens (including phenoxy) is 2. The molecule has 0 saturated carbocycles. The lowest BCUT2D eigenvalue weighted by molar-refractivity contribution is 0.0156. The predicted octanol–water partition coefficient (Wildman–Crippen LogP) is 4.32. The first-order valence-corrected chi connectivity index (χ1v) is 11.2. The van der Waals surface area contributed by atoms with E-state index in [4.69, 9.17) is 19.4 Å². The van der Waals surface area contributed by atoms with Crippen LogP contribution < -0.4 is 4.90 Å². The third-order valence-electron chi connectivity index (χ3n) is 5.64. The van der Waals surface area contributed by atoms with Gasteiger partial charge in [-0.25, -0.2) is 9.97 Å². The summed E-state index contributed by atoms with van der Waals surface area (Å²) in [5.41, 5.74) is 4.91. The van der Waals surface area contributed by atoms with E-state index < -0.39 is 0 Å². The van der Waals surface area contributed by atoms with E-state index in [0.717, 1.165) is 73.3 Å². The van der Waals surface area contributed by atoms with Gasteiger partial charge >= 0.3 is 0 Å². The van der Waals surface area contributed by atoms with Crippen LogP contribution in [0.3, 0.4) is 0 Å². The van der Waals surface area contributed by atoms with E-state index in [1.807, 2.05) is 39.4 Å². The number of nitrogens with zero attached hydrogens (tertiary/aromatic N) is 5. The molecule has 0 aliphatic carbocycles. The summed E-state index contributed by atoms with van der Waals surface area (Å²) in [6.45, 7) is 13.4. The number of aromatic nitrogens is 4. The Hall–Kier alpha value is -2.51. The van der Waals surface area contributed by atoms with E-state index in [9.17, 15) is 0 Å². The maximum atomic E-state index is 5.51. The lowest BCUT2D eigenvalue weighted by Crippen LogP contribution is -2.37. The maximum absolute atomic E-state index is 5.51. The van der Waals surface area contributed by atoms with Gasteiger partial charge in [-0.05, 0) is 45.7 Å². The van der Waals surface area contributed by atoms with Gasteiger partial charge in [0.05, 0.1) is 30.2 Å². The topological polar surface area (TPSA) is 64.8 Å². The second-order valence-electron chi connectivity index (χ2n) is 8.09. The summed E-state index contributed by atoms with van der Waals surface area (Å²) in [6, 6.07) is 4.23. The fourth-order valence-corrected chi connectivity index (χ4v) is 3.67. The van der Waals surface area contributed by atoms with Crippen molar-refractivity contribution in [1.82, 2.24) is 19.4 Å². The van der Waals surface area contributed by atoms with Crippen LogP contribution in [0.2, 0.25) is 0 Å². The van der Waals surface area contributed by atoms with Gasteiger partial charge in [0, 0.05) is 50.0 Å². The molecule has 31 heavy (non-hydrogen) atoms. The van der Waals surface area contributed by atoms with E-state index in [0.29, 0.717) is 0 Å². The van der Waals surface area contributed by atoms with Gasteiger partial charge < -0.3 is 14.4 Å². The number of methoxy groups -OCH3 is 1. The van der Waals surface area contributed by atoms with Crippen molar-refractivity contribution in [2.75, 3.05) is 38.3 Å². The van der Waals surface area contributed by atoms with Crippen LogP contribution in [0.5, 0.6) is 0 Å². The fourth-order valence-electron chi connectivity index (χ4n) is 3.67. The summed E-state index contributed by atoms with van der Waals surface area (Å²) in [4.78, 5) is 16.4. The van der Waals surface area contributed by atoms with Gasteiger partial charge in [-0.1, -0.05) is 13.8 Å². The zero-order chi connectivity index (χ0) is 22.4. The molecule has 7 nitrogen and oxygen atoms in total. The average Bonchev–Trinajstić information content (AvgIpc) is 3.16. The highest BCUT2D eigenvalue weighted by molar-refractivity contribution is 5.73. The lowest BCUT2D eigenvalue weighted by atomic mass is 10.0. The minimum atomic E-state index is -0.137. The molecular formula is C24H35N5O2. The highest BCUT2D eigenvalue weighted by Crippen LogP contribution is 2.28. The molecule has 0 aromatic carbocycles. The third-order valence-corrected chi connectivity index (χ3v) is 5.64. The SMILES string of the molecule is CC.COC(C)(C)CCc1ccc(-c2c(C)nc3c(N4CCOCC4)nccn23)cn1. The first-order chi connectivity index (χ1) is 15.0. The molecule has 3 aromatic rings. The molecule has 168 valence electrons. The molecule has 4 rings (SSSR count). The normalized spacial score (nSPS) is 14.5. The van der Waals surface area contributed by atoms with Gasteiger partial charge in [0.2, 0.25) is 0 Å². The molecule has 1 saturated heterocycles. The van der Waals surface area contributed by atoms with Crippen LogP contribution in [0.25, 0.3) is 16.9 Å². The fraction of sp³-hybridized carbons (Fsp3) is 0.542. The number of hydrogen-bond donors (Lipinski definition) is 0. The Balaban J connectivity index is 0.00000132. The number of aryl methyl sites for hydroxylation is 2. The Bertz CT molecular complexity index is 976. The third kappa shape index (κ3) is 5.22. The van der Waals surface area contributed by atoms with E-state index in [2.05, 4.69) is 40.3 Å². The molecule has 1 fully saturated rings. The number of fused-ring (bicyclic) bond motifs is 1. The Morgan fingerprint density at radius 2 is 1.87 bits per heavy atom. The van der Waals surface area contributed by atoms with Crippen LogP contribution in [-0.2, 0) is 15.9 Å². The Morgan fingerprint density at radius 1 is 1.13 bits per heavy atom. The number of hydrogen-bond acceptors (Lipinski definition) is 6. The van der Waals surface area contributed by atoms with Crippen LogP contribution in [0.4, 0.5) is 5.82 Å². The van der Waals surface area contributed by atoms with Crippen molar-refractivity contribution < 1.29 is 9.47 Å². The molecule has 4 heterocycles. The summed E-state index contributed by atoms with van der Waals surface area (Å²) in [5, 5.41) is 0. The summed E-state index contributed by atoms with van der Waals surface area (Å²) in [7, 11) is 1.75. The first kappa shape index (κ1) is 23.2. The quantitative estimate of drug-likeness (QED) is 0.586. The largest absolute Gasteiger partial charge is 0.379 e. The van der Waals surface area contributed by atoms with Gasteiger partial charge in [0.1, 0.15) is 0 Å². The summed E-state index contributed by atoms with van der Waals surface area (Å²) < 4.78 is 13.1. The monoisotopic (exact) mass is 425 g/mol. The van der Waals surface area contributed by atoms with Crippen LogP contribution in [0, 0.1) is 6.92 Å². The molecule has 1 aliphatic rings. The second-order valence-corrected chi connectivity index (χ2v) is 8.09. The highest BCUT2D eigenvalue weighted by Gasteiger charge is 2.20. The van der Waals surface area contributed by atoms with Crippen LogP contribution >= 0.6 is 0 Å². The van der Waals surface area contributed by atoms with E-state index in [1.54, 1.807) is 7.11 Å². The average molecular weight is 426 g/mol. The molecule has 0 amide bonds. The van der Waals surface area contributed by atoms with Crippen molar-refractivity contribution in [1.29, 1.82) is 0 Å². The van der Waals surface area contributed by atoms with Gasteiger partial charge in [0.25, 0.3) is 0 Å². The Labute approximate surface area is 185 Å². The zero-order valence-electron chi connectivity index (χ0n) is 19.7. The van der Waals surface area contributed by atoms with E-state index in [1.165, 1.54) is 0 Å². The van der Waals surface area contributed by atoms with Crippen LogP contribution in [-0.4, -0.2) is 58.4 Å². The summed E-state index contributed by atoms with van der Waals surface area (Å²) in [5.74, 6) is 0.913. The lowest BCUT2D eigenvalue weighted by Gasteiger charge is -2.27. The van der Waals surface area contributed by atoms with Crippen molar-refractivity contribution in [3.63, 3.8) is 0 Å². The molecule has 0 bridgehead atoms. The minimum Gasteiger partial charge on any atom is -0.379 e. The molecule has 0 unspecified atom stereocenters. The molecule has 1 aliphatic heterocycles. The van der Waals surface area contributed by atoms with Crippen molar-refractivity contribution in [3.05, 3.63) is 42.1 Å². The number of anilines is 1. The van der Waals surface area contributed by atoms with Crippen LogP contribution in [0.1, 0.15) is 45.5 Å². The number of morpholine rings is 1. The Morgan fingerprint density at radius 3 is 2.52 bits per heavy atom. The van der Waals surface area contributed by atoms with Gasteiger partial charge in [-0.3, -0.25) is 9.38 Å². The van der Waals surface area contributed by atoms with Crippen molar-refractivity contribution >= 4 is 11.5 Å². The summed E-state index contributed by atoms with van der Waals surface area (Å²) in [6.07, 6.45) is 7.58. The molecule has 3 aromatic heterocycles. The molecule has 0 radical (unpaired) electrons. The maximum Gasteiger partial charge on any atom is 0.181 e. The first-order valence-electron chi connectivity index (χ1n) is 11.2. The molecule has 0 spiro atoms. The highest BCUT2D eigenvalue weighted by atomic mass is 16.5. The van der Waals surface area contributed by atoms with Crippen molar-refractivity contribution in [2.24, 2.45) is 0 Å². The smallest absolute Gasteiger partial charge is 0.181 e. The summed E-state index contributed by atoms with van der Waals surface area (Å²) >= 11 is 0. The predicted molar refractivity (Wildman–Crippen MR) is 125 cm³/mol.